The first-order valence-electron chi connectivity index (χ1n) is 6.49. The Morgan fingerprint density at radius 1 is 1.29 bits per heavy atom. The van der Waals surface area contributed by atoms with E-state index >= 15 is 0 Å². The summed E-state index contributed by atoms with van der Waals surface area (Å²) < 4.78 is 0.572. The van der Waals surface area contributed by atoms with Gasteiger partial charge in [0.1, 0.15) is 4.32 Å². The van der Waals surface area contributed by atoms with E-state index in [0.29, 0.717) is 14.3 Å². The van der Waals surface area contributed by atoms with Crippen LogP contribution in [-0.4, -0.2) is 20.7 Å². The maximum atomic E-state index is 12.4. The molecule has 1 heterocycles. The summed E-state index contributed by atoms with van der Waals surface area (Å²) >= 11 is 12.8. The third kappa shape index (κ3) is 3.96. The molecule has 110 valence electrons. The van der Waals surface area contributed by atoms with Crippen molar-refractivity contribution in [2.24, 2.45) is 0 Å². The molecule has 1 aromatic carbocycles. The number of carbonyl (C=O) groups excluding carboxylic acids is 1. The Balaban J connectivity index is 2.25. The summed E-state index contributed by atoms with van der Waals surface area (Å²) in [6.45, 7) is 5.88. The summed E-state index contributed by atoms with van der Waals surface area (Å²) in [6, 6.07) is 9.73. The molecule has 0 N–H and O–H groups in total. The van der Waals surface area contributed by atoms with Crippen LogP contribution >= 0.6 is 35.6 Å². The molecule has 1 fully saturated rings. The zero-order valence-electron chi connectivity index (χ0n) is 12.1. The Morgan fingerprint density at radius 3 is 2.43 bits per heavy atom. The van der Waals surface area contributed by atoms with E-state index in [2.05, 4.69) is 0 Å². The Labute approximate surface area is 139 Å². The van der Waals surface area contributed by atoms with Crippen LogP contribution in [0, 0.1) is 0 Å². The van der Waals surface area contributed by atoms with Crippen molar-refractivity contribution in [2.75, 3.05) is 0 Å². The van der Waals surface area contributed by atoms with E-state index in [4.69, 9.17) is 23.8 Å². The van der Waals surface area contributed by atoms with E-state index < -0.39 is 0 Å². The molecule has 0 saturated carbocycles. The number of carbonyl (C=O) groups is 1. The summed E-state index contributed by atoms with van der Waals surface area (Å²) in [5.41, 5.74) is 0.664. The molecule has 0 spiro atoms. The number of amides is 1. The number of benzene rings is 1. The third-order valence-corrected chi connectivity index (χ3v) is 4.36. The van der Waals surface area contributed by atoms with E-state index in [1.54, 1.807) is 11.0 Å². The molecule has 0 unspecified atom stereocenters. The summed E-state index contributed by atoms with van der Waals surface area (Å²) in [7, 11) is 0. The Hall–Kier alpha value is -1.10. The fourth-order valence-corrected chi connectivity index (χ4v) is 3.85. The number of thioether (sulfide) groups is 1. The SMILES string of the molecule is CC(C)(C)N1C(=O)C(=CC(Cl)=Cc2ccccc2)SC1=S. The summed E-state index contributed by atoms with van der Waals surface area (Å²) in [5, 5.41) is 0.510. The molecule has 1 amide bonds. The maximum Gasteiger partial charge on any atom is 0.266 e. The van der Waals surface area contributed by atoms with Gasteiger partial charge in [-0.1, -0.05) is 65.9 Å². The minimum absolute atomic E-state index is 0.0860. The van der Waals surface area contributed by atoms with Crippen LogP contribution in [0.5, 0.6) is 0 Å². The molecule has 1 aromatic rings. The highest BCUT2D eigenvalue weighted by atomic mass is 35.5. The van der Waals surface area contributed by atoms with Gasteiger partial charge in [0.05, 0.1) is 4.91 Å². The molecule has 2 nitrogen and oxygen atoms in total. The van der Waals surface area contributed by atoms with Crippen molar-refractivity contribution in [3.63, 3.8) is 0 Å². The molecule has 1 saturated heterocycles. The van der Waals surface area contributed by atoms with Crippen LogP contribution in [0.25, 0.3) is 6.08 Å². The van der Waals surface area contributed by atoms with E-state index in [1.165, 1.54) is 11.8 Å². The molecule has 0 bridgehead atoms. The van der Waals surface area contributed by atoms with Crippen LogP contribution in [0.3, 0.4) is 0 Å². The Bertz CT molecular complexity index is 629. The molecule has 1 aliphatic rings. The molecule has 1 aliphatic heterocycles. The zero-order valence-corrected chi connectivity index (χ0v) is 14.5. The van der Waals surface area contributed by atoms with Crippen molar-refractivity contribution in [3.8, 4) is 0 Å². The van der Waals surface area contributed by atoms with Crippen molar-refractivity contribution < 1.29 is 4.79 Å². The highest BCUT2D eigenvalue weighted by molar-refractivity contribution is 8.26. The summed E-state index contributed by atoms with van der Waals surface area (Å²) in [6.07, 6.45) is 3.50. The number of allylic oxidation sites excluding steroid dienone is 2. The van der Waals surface area contributed by atoms with Crippen molar-refractivity contribution >= 4 is 51.9 Å². The normalized spacial score (nSPS) is 18.8. The van der Waals surface area contributed by atoms with E-state index in [9.17, 15) is 4.79 Å². The standard InChI is InChI=1S/C16H16ClNOS2/c1-16(2,3)18-14(19)13(21-15(18)20)10-12(17)9-11-7-5-4-6-8-11/h4-10H,1-3H3. The average molecular weight is 338 g/mol. The van der Waals surface area contributed by atoms with Crippen LogP contribution in [0.2, 0.25) is 0 Å². The van der Waals surface area contributed by atoms with Gasteiger partial charge >= 0.3 is 0 Å². The average Bonchev–Trinajstić information content (AvgIpc) is 2.64. The monoisotopic (exact) mass is 337 g/mol. The smallest absolute Gasteiger partial charge is 0.266 e. The second-order valence-electron chi connectivity index (χ2n) is 5.63. The van der Waals surface area contributed by atoms with Crippen molar-refractivity contribution in [3.05, 3.63) is 51.9 Å². The first-order chi connectivity index (χ1) is 9.79. The first kappa shape index (κ1) is 16.3. The summed E-state index contributed by atoms with van der Waals surface area (Å²) in [4.78, 5) is 14.6. The predicted octanol–water partition coefficient (Wildman–Crippen LogP) is 4.81. The van der Waals surface area contributed by atoms with Gasteiger partial charge in [-0.2, -0.15) is 0 Å². The van der Waals surface area contributed by atoms with Crippen molar-refractivity contribution in [2.45, 2.75) is 26.3 Å². The number of thiocarbonyl (C=S) groups is 1. The molecule has 5 heteroatoms. The maximum absolute atomic E-state index is 12.4. The van der Waals surface area contributed by atoms with Gasteiger partial charge in [-0.05, 0) is 38.5 Å². The largest absolute Gasteiger partial charge is 0.288 e. The third-order valence-electron chi connectivity index (χ3n) is 2.84. The lowest BCUT2D eigenvalue weighted by molar-refractivity contribution is -0.125. The highest BCUT2D eigenvalue weighted by Gasteiger charge is 2.39. The second-order valence-corrected chi connectivity index (χ2v) is 7.74. The molecular weight excluding hydrogens is 322 g/mol. The van der Waals surface area contributed by atoms with E-state index in [0.717, 1.165) is 5.56 Å². The van der Waals surface area contributed by atoms with Gasteiger partial charge in [0.15, 0.2) is 0 Å². The highest BCUT2D eigenvalue weighted by Crippen LogP contribution is 2.36. The van der Waals surface area contributed by atoms with E-state index in [-0.39, 0.29) is 11.4 Å². The zero-order chi connectivity index (χ0) is 15.6. The molecular formula is C16H16ClNOS2. The van der Waals surface area contributed by atoms with Crippen LogP contribution in [-0.2, 0) is 4.79 Å². The van der Waals surface area contributed by atoms with Gasteiger partial charge in [0.2, 0.25) is 0 Å². The first-order valence-corrected chi connectivity index (χ1v) is 8.09. The number of halogens is 1. The molecule has 0 aliphatic carbocycles. The fraction of sp³-hybridized carbons (Fsp3) is 0.250. The number of nitrogens with zero attached hydrogens (tertiary/aromatic N) is 1. The number of hydrogen-bond donors (Lipinski definition) is 0. The van der Waals surface area contributed by atoms with Crippen LogP contribution < -0.4 is 0 Å². The van der Waals surface area contributed by atoms with Crippen LogP contribution in [0.1, 0.15) is 26.3 Å². The van der Waals surface area contributed by atoms with Gasteiger partial charge in [0.25, 0.3) is 5.91 Å². The van der Waals surface area contributed by atoms with Gasteiger partial charge in [-0.15, -0.1) is 0 Å². The van der Waals surface area contributed by atoms with Gasteiger partial charge in [-0.25, -0.2) is 0 Å². The topological polar surface area (TPSA) is 20.3 Å². The lowest BCUT2D eigenvalue weighted by Crippen LogP contribution is -2.44. The minimum Gasteiger partial charge on any atom is -0.288 e. The van der Waals surface area contributed by atoms with Gasteiger partial charge < -0.3 is 0 Å². The molecule has 0 radical (unpaired) electrons. The van der Waals surface area contributed by atoms with Crippen LogP contribution in [0.4, 0.5) is 0 Å². The summed E-state index contributed by atoms with van der Waals surface area (Å²) in [5.74, 6) is -0.0860. The number of hydrogen-bond acceptors (Lipinski definition) is 3. The van der Waals surface area contributed by atoms with Crippen LogP contribution in [0.15, 0.2) is 46.3 Å². The fourth-order valence-electron chi connectivity index (χ4n) is 1.92. The lowest BCUT2D eigenvalue weighted by Gasteiger charge is -2.30. The minimum atomic E-state index is -0.327. The Kier molecular flexibility index (Phi) is 4.91. The van der Waals surface area contributed by atoms with Gasteiger partial charge in [-0.3, -0.25) is 9.69 Å². The van der Waals surface area contributed by atoms with Crippen molar-refractivity contribution in [1.29, 1.82) is 0 Å². The molecule has 21 heavy (non-hydrogen) atoms. The molecule has 0 aromatic heterocycles. The molecule has 0 atom stereocenters. The molecule has 2 rings (SSSR count). The second kappa shape index (κ2) is 6.34. The van der Waals surface area contributed by atoms with Crippen molar-refractivity contribution in [1.82, 2.24) is 4.90 Å². The lowest BCUT2D eigenvalue weighted by atomic mass is 10.1. The predicted molar refractivity (Wildman–Crippen MR) is 95.1 cm³/mol. The van der Waals surface area contributed by atoms with E-state index in [1.807, 2.05) is 57.2 Å². The quantitative estimate of drug-likeness (QED) is 0.570. The van der Waals surface area contributed by atoms with Gasteiger partial charge in [0, 0.05) is 10.6 Å². The number of rotatable bonds is 2. The Morgan fingerprint density at radius 2 is 1.90 bits per heavy atom.